The fraction of sp³-hybridized carbons (Fsp3) is 0.706. The van der Waals surface area contributed by atoms with Gasteiger partial charge in [-0.15, -0.1) is 0 Å². The summed E-state index contributed by atoms with van der Waals surface area (Å²) in [6, 6.07) is 2.70. The fourth-order valence-electron chi connectivity index (χ4n) is 2.72. The number of hydrogen-bond donors (Lipinski definition) is 1. The Hall–Kier alpha value is -1.13. The first-order chi connectivity index (χ1) is 9.99. The molecule has 4 nitrogen and oxygen atoms in total. The molecule has 0 amide bonds. The predicted molar refractivity (Wildman–Crippen MR) is 92.0 cm³/mol. The number of nitrogens with zero attached hydrogens (tertiary/aromatic N) is 3. The van der Waals surface area contributed by atoms with Gasteiger partial charge in [0.2, 0.25) is 0 Å². The lowest BCUT2D eigenvalue weighted by Gasteiger charge is -2.33. The molecule has 0 radical (unpaired) electrons. The molecule has 1 aromatic rings. The van der Waals surface area contributed by atoms with Gasteiger partial charge in [-0.3, -0.25) is 4.98 Å². The zero-order valence-corrected chi connectivity index (χ0v) is 14.6. The Morgan fingerprint density at radius 2 is 2.00 bits per heavy atom. The molecule has 4 heteroatoms. The summed E-state index contributed by atoms with van der Waals surface area (Å²) in [7, 11) is 4.26. The van der Waals surface area contributed by atoms with Gasteiger partial charge in [-0.25, -0.2) is 0 Å². The summed E-state index contributed by atoms with van der Waals surface area (Å²) in [5.41, 5.74) is 3.70. The van der Waals surface area contributed by atoms with Crippen molar-refractivity contribution in [1.82, 2.24) is 15.2 Å². The van der Waals surface area contributed by atoms with Crippen LogP contribution < -0.4 is 10.2 Å². The van der Waals surface area contributed by atoms with Crippen molar-refractivity contribution in [3.05, 3.63) is 23.5 Å². The molecule has 120 valence electrons. The van der Waals surface area contributed by atoms with Crippen molar-refractivity contribution in [1.29, 1.82) is 0 Å². The van der Waals surface area contributed by atoms with E-state index < -0.39 is 0 Å². The number of nitrogens with one attached hydrogen (secondary N) is 1. The predicted octanol–water partition coefficient (Wildman–Crippen LogP) is 2.67. The van der Waals surface area contributed by atoms with Crippen molar-refractivity contribution in [2.45, 2.75) is 46.7 Å². The normalized spacial score (nSPS) is 12.7. The van der Waals surface area contributed by atoms with E-state index in [0.29, 0.717) is 6.04 Å². The molecule has 1 aromatic heterocycles. The molecule has 0 spiro atoms. The van der Waals surface area contributed by atoms with Gasteiger partial charge in [0.05, 0.1) is 0 Å². The smallest absolute Gasteiger partial charge is 0.0448 e. The van der Waals surface area contributed by atoms with E-state index in [1.54, 1.807) is 0 Å². The van der Waals surface area contributed by atoms with Crippen LogP contribution in [0.5, 0.6) is 0 Å². The molecule has 0 bridgehead atoms. The molecule has 0 aliphatic heterocycles. The summed E-state index contributed by atoms with van der Waals surface area (Å²) in [4.78, 5) is 9.21. The number of pyridine rings is 1. The lowest BCUT2D eigenvalue weighted by atomic mass is 10.1. The summed E-state index contributed by atoms with van der Waals surface area (Å²) in [6.45, 7) is 12.8. The van der Waals surface area contributed by atoms with E-state index in [2.05, 4.69) is 68.0 Å². The Labute approximate surface area is 130 Å². The second kappa shape index (κ2) is 9.00. The number of aromatic nitrogens is 1. The highest BCUT2D eigenvalue weighted by molar-refractivity contribution is 5.54. The van der Waals surface area contributed by atoms with Gasteiger partial charge in [0.1, 0.15) is 0 Å². The molecule has 0 aliphatic carbocycles. The van der Waals surface area contributed by atoms with Gasteiger partial charge in [-0.1, -0.05) is 6.92 Å². The van der Waals surface area contributed by atoms with Crippen LogP contribution in [-0.2, 0) is 6.54 Å². The van der Waals surface area contributed by atoms with Crippen LogP contribution in [0.3, 0.4) is 0 Å². The maximum absolute atomic E-state index is 4.48. The molecule has 21 heavy (non-hydrogen) atoms. The summed E-state index contributed by atoms with van der Waals surface area (Å²) in [5, 5.41) is 3.49. The minimum atomic E-state index is 0.483. The van der Waals surface area contributed by atoms with Crippen molar-refractivity contribution < 1.29 is 0 Å². The van der Waals surface area contributed by atoms with Crippen LogP contribution >= 0.6 is 0 Å². The third-order valence-electron chi connectivity index (χ3n) is 3.65. The molecule has 1 heterocycles. The highest BCUT2D eigenvalue weighted by Crippen LogP contribution is 2.23. The van der Waals surface area contributed by atoms with Crippen molar-refractivity contribution in [3.63, 3.8) is 0 Å². The molecule has 1 N–H and O–H groups in total. The van der Waals surface area contributed by atoms with Crippen LogP contribution in [0.25, 0.3) is 0 Å². The Bertz CT molecular complexity index is 417. The average molecular weight is 292 g/mol. The summed E-state index contributed by atoms with van der Waals surface area (Å²) >= 11 is 0. The van der Waals surface area contributed by atoms with Gasteiger partial charge in [-0.2, -0.15) is 0 Å². The minimum Gasteiger partial charge on any atom is -0.367 e. The van der Waals surface area contributed by atoms with E-state index in [1.807, 2.05) is 6.20 Å². The fourth-order valence-corrected chi connectivity index (χ4v) is 2.72. The highest BCUT2D eigenvalue weighted by atomic mass is 15.2. The summed E-state index contributed by atoms with van der Waals surface area (Å²) in [6.07, 6.45) is 3.18. The molecule has 0 fully saturated rings. The molecule has 0 saturated heterocycles. The topological polar surface area (TPSA) is 31.4 Å². The van der Waals surface area contributed by atoms with E-state index in [0.717, 1.165) is 38.3 Å². The van der Waals surface area contributed by atoms with Crippen LogP contribution in [0.15, 0.2) is 12.3 Å². The van der Waals surface area contributed by atoms with E-state index >= 15 is 0 Å². The molecule has 0 aromatic carbocycles. The number of rotatable bonds is 9. The van der Waals surface area contributed by atoms with Crippen molar-refractivity contribution in [2.75, 3.05) is 38.6 Å². The van der Waals surface area contributed by atoms with Crippen LogP contribution in [0.1, 0.15) is 38.4 Å². The standard InChI is InChI=1S/C17H32N4/c1-7-9-18-11-16-12-19-14(3)10-17(16)21(8-2)15(4)13-20(5)6/h10,12,15,18H,7-9,11,13H2,1-6H3. The second-order valence-electron chi connectivity index (χ2n) is 6.03. The second-order valence-corrected chi connectivity index (χ2v) is 6.03. The summed E-state index contributed by atoms with van der Waals surface area (Å²) < 4.78 is 0. The van der Waals surface area contributed by atoms with Gasteiger partial charge < -0.3 is 15.1 Å². The Kier molecular flexibility index (Phi) is 7.68. The maximum atomic E-state index is 4.48. The zero-order valence-electron chi connectivity index (χ0n) is 14.6. The molecular formula is C17H32N4. The largest absolute Gasteiger partial charge is 0.367 e. The van der Waals surface area contributed by atoms with Crippen molar-refractivity contribution >= 4 is 5.69 Å². The molecule has 0 aliphatic rings. The first-order valence-corrected chi connectivity index (χ1v) is 8.07. The maximum Gasteiger partial charge on any atom is 0.0448 e. The van der Waals surface area contributed by atoms with E-state index in [1.165, 1.54) is 11.3 Å². The highest BCUT2D eigenvalue weighted by Gasteiger charge is 2.17. The third kappa shape index (κ3) is 5.64. The monoisotopic (exact) mass is 292 g/mol. The van der Waals surface area contributed by atoms with Crippen LogP contribution in [-0.4, -0.2) is 49.7 Å². The van der Waals surface area contributed by atoms with E-state index in [4.69, 9.17) is 0 Å². The van der Waals surface area contributed by atoms with Gasteiger partial charge >= 0.3 is 0 Å². The Balaban J connectivity index is 2.97. The van der Waals surface area contributed by atoms with Crippen LogP contribution in [0.2, 0.25) is 0 Å². The average Bonchev–Trinajstić information content (AvgIpc) is 2.41. The number of likely N-dealkylation sites (N-methyl/N-ethyl adjacent to an activating group) is 2. The lowest BCUT2D eigenvalue weighted by Crippen LogP contribution is -2.40. The molecule has 1 unspecified atom stereocenters. The summed E-state index contributed by atoms with van der Waals surface area (Å²) in [5.74, 6) is 0. The minimum absolute atomic E-state index is 0.483. The van der Waals surface area contributed by atoms with Gasteiger partial charge in [-0.05, 0) is 53.9 Å². The number of aryl methyl sites for hydroxylation is 1. The van der Waals surface area contributed by atoms with Crippen molar-refractivity contribution in [2.24, 2.45) is 0 Å². The first kappa shape index (κ1) is 17.9. The van der Waals surface area contributed by atoms with Crippen LogP contribution in [0.4, 0.5) is 5.69 Å². The number of hydrogen-bond acceptors (Lipinski definition) is 4. The van der Waals surface area contributed by atoms with Crippen molar-refractivity contribution in [3.8, 4) is 0 Å². The Morgan fingerprint density at radius 1 is 1.29 bits per heavy atom. The molecule has 0 saturated carbocycles. The lowest BCUT2D eigenvalue weighted by molar-refractivity contribution is 0.372. The third-order valence-corrected chi connectivity index (χ3v) is 3.65. The Morgan fingerprint density at radius 3 is 2.57 bits per heavy atom. The van der Waals surface area contributed by atoms with E-state index in [9.17, 15) is 0 Å². The van der Waals surface area contributed by atoms with E-state index in [-0.39, 0.29) is 0 Å². The molecule has 1 atom stereocenters. The molecular weight excluding hydrogens is 260 g/mol. The van der Waals surface area contributed by atoms with Gasteiger partial charge in [0, 0.05) is 48.8 Å². The number of anilines is 1. The van der Waals surface area contributed by atoms with Crippen LogP contribution in [0, 0.1) is 6.92 Å². The molecule has 1 rings (SSSR count). The van der Waals surface area contributed by atoms with Gasteiger partial charge in [0.25, 0.3) is 0 Å². The van der Waals surface area contributed by atoms with Gasteiger partial charge in [0.15, 0.2) is 0 Å². The SMILES string of the molecule is CCCNCc1cnc(C)cc1N(CC)C(C)CN(C)C. The zero-order chi connectivity index (χ0) is 15.8. The quantitative estimate of drug-likeness (QED) is 0.709. The first-order valence-electron chi connectivity index (χ1n) is 8.07.